The van der Waals surface area contributed by atoms with Gasteiger partial charge in [-0.15, -0.1) is 0 Å². The van der Waals surface area contributed by atoms with Crippen LogP contribution in [0.1, 0.15) is 44.8 Å². The molecule has 1 fully saturated rings. The fraction of sp³-hybridized carbons (Fsp3) is 0.190. The molecular weight excluding hydrogens is 400 g/mol. The zero-order chi connectivity index (χ0) is 21.1. The third-order valence-electron chi connectivity index (χ3n) is 4.52. The molecule has 8 nitrogen and oxygen atoms in total. The maximum absolute atomic E-state index is 12.9. The van der Waals surface area contributed by atoms with Crippen molar-refractivity contribution >= 4 is 39.9 Å². The van der Waals surface area contributed by atoms with E-state index in [9.17, 15) is 9.59 Å². The average Bonchev–Trinajstić information content (AvgIpc) is 3.49. The summed E-state index contributed by atoms with van der Waals surface area (Å²) >= 11 is 1.14. The molecule has 30 heavy (non-hydrogen) atoms. The van der Waals surface area contributed by atoms with Crippen LogP contribution < -0.4 is 16.0 Å². The maximum Gasteiger partial charge on any atom is 0.260 e. The molecule has 0 spiro atoms. The van der Waals surface area contributed by atoms with Crippen molar-refractivity contribution in [3.63, 3.8) is 0 Å². The first-order valence-electron chi connectivity index (χ1n) is 9.35. The highest BCUT2D eigenvalue weighted by Gasteiger charge is 2.24. The molecule has 1 aliphatic carbocycles. The Labute approximate surface area is 177 Å². The molecule has 0 bridgehead atoms. The number of aryl methyl sites for hydroxylation is 1. The van der Waals surface area contributed by atoms with Crippen LogP contribution in [0.4, 0.5) is 16.5 Å². The van der Waals surface area contributed by atoms with Crippen molar-refractivity contribution in [1.82, 2.24) is 14.7 Å². The van der Waals surface area contributed by atoms with E-state index >= 15 is 0 Å². The van der Waals surface area contributed by atoms with Gasteiger partial charge in [0.05, 0.1) is 22.9 Å². The summed E-state index contributed by atoms with van der Waals surface area (Å²) in [5.41, 5.74) is 2.43. The maximum atomic E-state index is 12.9. The molecule has 0 unspecified atom stereocenters. The second kappa shape index (κ2) is 8.31. The van der Waals surface area contributed by atoms with Crippen LogP contribution in [-0.2, 0) is 0 Å². The average molecular weight is 418 g/mol. The van der Waals surface area contributed by atoms with Crippen molar-refractivity contribution in [3.8, 4) is 6.07 Å². The molecule has 1 aromatic carbocycles. The second-order valence-electron chi connectivity index (χ2n) is 6.92. The third-order valence-corrected chi connectivity index (χ3v) is 5.37. The highest BCUT2D eigenvalue weighted by molar-refractivity contribution is 7.10. The number of nitrogens with one attached hydrogen (secondary N) is 3. The summed E-state index contributed by atoms with van der Waals surface area (Å²) in [6, 6.07) is 12.3. The second-order valence-corrected chi connectivity index (χ2v) is 7.69. The Balaban J connectivity index is 1.52. The van der Waals surface area contributed by atoms with Crippen LogP contribution in [-0.4, -0.2) is 27.2 Å². The van der Waals surface area contributed by atoms with Crippen molar-refractivity contribution in [2.75, 3.05) is 10.6 Å². The lowest BCUT2D eigenvalue weighted by Crippen LogP contribution is -2.25. The highest BCUT2D eigenvalue weighted by atomic mass is 32.1. The summed E-state index contributed by atoms with van der Waals surface area (Å²) in [5.74, 6) is -0.0433. The standard InChI is InChI=1S/C21H18N6O2S/c1-12-18(21(30-27-12)26-17-9-13(11-22)7-8-23-17)20(29)25-16-4-2-3-14(10-16)19(28)24-15-5-6-15/h2-4,7-10,15H,5-6H2,1H3,(H,23,26)(H,24,28)(H,25,29). The Hall–Kier alpha value is -3.77. The first kappa shape index (κ1) is 19.5. The number of benzene rings is 1. The molecule has 9 heteroatoms. The minimum Gasteiger partial charge on any atom is -0.349 e. The van der Waals surface area contributed by atoms with E-state index in [0.29, 0.717) is 38.9 Å². The quantitative estimate of drug-likeness (QED) is 0.563. The van der Waals surface area contributed by atoms with Gasteiger partial charge in [0.25, 0.3) is 11.8 Å². The van der Waals surface area contributed by atoms with Crippen LogP contribution in [0.15, 0.2) is 42.6 Å². The number of carbonyl (C=O) groups is 2. The number of hydrogen-bond donors (Lipinski definition) is 3. The number of carbonyl (C=O) groups excluding carboxylic acids is 2. The molecule has 3 aromatic rings. The molecular formula is C21H18N6O2S. The van der Waals surface area contributed by atoms with Crippen molar-refractivity contribution in [3.05, 3.63) is 65.0 Å². The molecule has 0 saturated heterocycles. The number of rotatable bonds is 6. The predicted molar refractivity (Wildman–Crippen MR) is 114 cm³/mol. The molecule has 4 rings (SSSR count). The molecule has 1 aliphatic rings. The Bertz CT molecular complexity index is 1160. The minimum absolute atomic E-state index is 0.146. The number of pyridine rings is 1. The van der Waals surface area contributed by atoms with E-state index in [2.05, 4.69) is 31.4 Å². The largest absolute Gasteiger partial charge is 0.349 e. The molecule has 0 radical (unpaired) electrons. The van der Waals surface area contributed by atoms with Gasteiger partial charge in [-0.2, -0.15) is 9.64 Å². The van der Waals surface area contributed by atoms with Crippen LogP contribution >= 0.6 is 11.5 Å². The van der Waals surface area contributed by atoms with Gasteiger partial charge in [0.15, 0.2) is 0 Å². The van der Waals surface area contributed by atoms with E-state index in [1.807, 2.05) is 0 Å². The van der Waals surface area contributed by atoms with E-state index < -0.39 is 0 Å². The zero-order valence-corrected chi connectivity index (χ0v) is 16.9. The van der Waals surface area contributed by atoms with Crippen LogP contribution in [0, 0.1) is 18.3 Å². The van der Waals surface area contributed by atoms with Gasteiger partial charge in [0, 0.05) is 23.5 Å². The summed E-state index contributed by atoms with van der Waals surface area (Å²) in [4.78, 5) is 29.4. The summed E-state index contributed by atoms with van der Waals surface area (Å²) in [6.07, 6.45) is 3.54. The fourth-order valence-electron chi connectivity index (χ4n) is 2.84. The number of nitrogens with zero attached hydrogens (tertiary/aromatic N) is 3. The molecule has 1 saturated carbocycles. The highest BCUT2D eigenvalue weighted by Crippen LogP contribution is 2.28. The van der Waals surface area contributed by atoms with E-state index in [1.165, 1.54) is 6.20 Å². The molecule has 2 heterocycles. The van der Waals surface area contributed by atoms with E-state index in [0.717, 1.165) is 24.4 Å². The summed E-state index contributed by atoms with van der Waals surface area (Å²) in [6.45, 7) is 1.75. The summed E-state index contributed by atoms with van der Waals surface area (Å²) < 4.78 is 4.26. The predicted octanol–water partition coefficient (Wildman–Crippen LogP) is 3.61. The SMILES string of the molecule is Cc1nsc(Nc2cc(C#N)ccn2)c1C(=O)Nc1cccc(C(=O)NC2CC2)c1. The van der Waals surface area contributed by atoms with Gasteiger partial charge in [-0.25, -0.2) is 4.98 Å². The molecule has 3 N–H and O–H groups in total. The smallest absolute Gasteiger partial charge is 0.260 e. The first-order valence-corrected chi connectivity index (χ1v) is 10.1. The van der Waals surface area contributed by atoms with Crippen molar-refractivity contribution < 1.29 is 9.59 Å². The van der Waals surface area contributed by atoms with Crippen molar-refractivity contribution in [2.24, 2.45) is 0 Å². The molecule has 2 aromatic heterocycles. The van der Waals surface area contributed by atoms with E-state index in [-0.39, 0.29) is 17.9 Å². The lowest BCUT2D eigenvalue weighted by molar-refractivity contribution is 0.0949. The number of aromatic nitrogens is 2. The molecule has 0 atom stereocenters. The van der Waals surface area contributed by atoms with Gasteiger partial charge >= 0.3 is 0 Å². The normalized spacial score (nSPS) is 12.7. The lowest BCUT2D eigenvalue weighted by Gasteiger charge is -2.10. The summed E-state index contributed by atoms with van der Waals surface area (Å²) in [7, 11) is 0. The topological polar surface area (TPSA) is 120 Å². The number of hydrogen-bond acceptors (Lipinski definition) is 7. The van der Waals surface area contributed by atoms with E-state index in [1.54, 1.807) is 43.3 Å². The Morgan fingerprint density at radius 3 is 2.80 bits per heavy atom. The number of amides is 2. The molecule has 150 valence electrons. The van der Waals surface area contributed by atoms with Gasteiger partial charge < -0.3 is 16.0 Å². The van der Waals surface area contributed by atoms with E-state index in [4.69, 9.17) is 5.26 Å². The van der Waals surface area contributed by atoms with Crippen LogP contribution in [0.2, 0.25) is 0 Å². The van der Waals surface area contributed by atoms with Gasteiger partial charge in [0.2, 0.25) is 0 Å². The molecule has 0 aliphatic heterocycles. The van der Waals surface area contributed by atoms with Crippen LogP contribution in [0.5, 0.6) is 0 Å². The fourth-order valence-corrected chi connectivity index (χ4v) is 3.64. The number of anilines is 3. The van der Waals surface area contributed by atoms with Gasteiger partial charge in [-0.05, 0) is 61.6 Å². The van der Waals surface area contributed by atoms with Crippen LogP contribution in [0.25, 0.3) is 0 Å². The third kappa shape index (κ3) is 4.45. The first-order chi connectivity index (χ1) is 14.5. The van der Waals surface area contributed by atoms with Crippen molar-refractivity contribution in [2.45, 2.75) is 25.8 Å². The van der Waals surface area contributed by atoms with Gasteiger partial charge in [-0.1, -0.05) is 6.07 Å². The number of nitriles is 1. The monoisotopic (exact) mass is 418 g/mol. The lowest BCUT2D eigenvalue weighted by atomic mass is 10.1. The van der Waals surface area contributed by atoms with Crippen LogP contribution in [0.3, 0.4) is 0 Å². The Morgan fingerprint density at radius 1 is 1.20 bits per heavy atom. The minimum atomic E-state index is -0.347. The summed E-state index contributed by atoms with van der Waals surface area (Å²) in [5, 5.41) is 18.4. The van der Waals surface area contributed by atoms with Crippen molar-refractivity contribution in [1.29, 1.82) is 5.26 Å². The molecule has 2 amide bonds. The Kier molecular flexibility index (Phi) is 5.41. The zero-order valence-electron chi connectivity index (χ0n) is 16.1. The van der Waals surface area contributed by atoms with Gasteiger partial charge in [0.1, 0.15) is 10.8 Å². The van der Waals surface area contributed by atoms with Gasteiger partial charge in [-0.3, -0.25) is 9.59 Å². The Morgan fingerprint density at radius 2 is 2.03 bits per heavy atom.